The second-order valence-corrected chi connectivity index (χ2v) is 2.84. The Balaban J connectivity index is 0.000000224. The standard InChI is InChI=1S/C8H6O2.C2HF3O2/c9-8-7-4-2-1-3-6(7)5-10-8;3-2(4,5)1(6)7/h1-4H,5H2;(H,6,7)/i5D2;. The summed E-state index contributed by atoms with van der Waals surface area (Å²) in [5.74, 6) is -3.34. The molecule has 0 atom stereocenters. The largest absolute Gasteiger partial charge is 0.490 e. The van der Waals surface area contributed by atoms with Crippen molar-refractivity contribution in [1.82, 2.24) is 0 Å². The number of carbonyl (C=O) groups is 2. The number of benzene rings is 1. The lowest BCUT2D eigenvalue weighted by Crippen LogP contribution is -2.21. The summed E-state index contributed by atoms with van der Waals surface area (Å²) in [6.45, 7) is -1.95. The van der Waals surface area contributed by atoms with E-state index in [1.165, 1.54) is 0 Å². The smallest absolute Gasteiger partial charge is 0.475 e. The molecule has 0 saturated heterocycles. The monoisotopic (exact) mass is 250 g/mol. The SMILES string of the molecule is O=C(O)C(F)(F)F.[2H]C1([2H])OC(=O)c2ccccc21. The van der Waals surface area contributed by atoms with E-state index < -0.39 is 24.7 Å². The van der Waals surface area contributed by atoms with Gasteiger partial charge >= 0.3 is 18.1 Å². The highest BCUT2D eigenvalue weighted by molar-refractivity contribution is 5.93. The summed E-state index contributed by atoms with van der Waals surface area (Å²) in [7, 11) is 0. The van der Waals surface area contributed by atoms with Crippen LogP contribution < -0.4 is 0 Å². The number of hydrogen-bond acceptors (Lipinski definition) is 3. The van der Waals surface area contributed by atoms with Gasteiger partial charge in [0, 0.05) is 5.56 Å². The van der Waals surface area contributed by atoms with Crippen LogP contribution in [0.5, 0.6) is 0 Å². The minimum absolute atomic E-state index is 0.315. The number of carbonyl (C=O) groups excluding carboxylic acids is 1. The molecular formula is C10H7F3O4. The molecule has 92 valence electrons. The van der Waals surface area contributed by atoms with E-state index in [0.29, 0.717) is 11.1 Å². The molecule has 0 saturated carbocycles. The van der Waals surface area contributed by atoms with Crippen LogP contribution in [-0.4, -0.2) is 23.2 Å². The maximum Gasteiger partial charge on any atom is 0.490 e. The molecular weight excluding hydrogens is 241 g/mol. The van der Waals surface area contributed by atoms with Crippen LogP contribution in [0.15, 0.2) is 24.3 Å². The number of halogens is 3. The second kappa shape index (κ2) is 4.86. The minimum Gasteiger partial charge on any atom is -0.475 e. The van der Waals surface area contributed by atoms with Crippen molar-refractivity contribution in [2.45, 2.75) is 12.7 Å². The molecule has 1 aromatic carbocycles. The first kappa shape index (κ1) is 10.1. The second-order valence-electron chi connectivity index (χ2n) is 2.84. The van der Waals surface area contributed by atoms with Crippen LogP contribution in [0.25, 0.3) is 0 Å². The van der Waals surface area contributed by atoms with Crippen molar-refractivity contribution in [2.75, 3.05) is 0 Å². The summed E-state index contributed by atoms with van der Waals surface area (Å²) < 4.78 is 50.9. The van der Waals surface area contributed by atoms with E-state index in [2.05, 4.69) is 4.74 Å². The van der Waals surface area contributed by atoms with Gasteiger partial charge in [-0.05, 0) is 6.07 Å². The molecule has 7 heteroatoms. The van der Waals surface area contributed by atoms with Crippen LogP contribution in [0.2, 0.25) is 0 Å². The topological polar surface area (TPSA) is 63.6 Å². The fourth-order valence-electron chi connectivity index (χ4n) is 0.906. The van der Waals surface area contributed by atoms with E-state index in [4.69, 9.17) is 12.6 Å². The van der Waals surface area contributed by atoms with Crippen molar-refractivity contribution in [3.05, 3.63) is 35.4 Å². The molecule has 1 aromatic rings. The van der Waals surface area contributed by atoms with Gasteiger partial charge in [0.05, 0.1) is 8.30 Å². The average Bonchev–Trinajstić information content (AvgIpc) is 2.50. The van der Waals surface area contributed by atoms with Crippen molar-refractivity contribution < 1.29 is 35.3 Å². The number of esters is 1. The number of alkyl halides is 3. The molecule has 0 bridgehead atoms. The Morgan fingerprint density at radius 2 is 1.94 bits per heavy atom. The van der Waals surface area contributed by atoms with E-state index in [9.17, 15) is 18.0 Å². The lowest BCUT2D eigenvalue weighted by molar-refractivity contribution is -0.192. The molecule has 1 aliphatic rings. The molecule has 1 N–H and O–H groups in total. The van der Waals surface area contributed by atoms with Crippen molar-refractivity contribution in [1.29, 1.82) is 0 Å². The van der Waals surface area contributed by atoms with Gasteiger partial charge in [-0.15, -0.1) is 0 Å². The number of rotatable bonds is 0. The van der Waals surface area contributed by atoms with Crippen molar-refractivity contribution in [3.63, 3.8) is 0 Å². The number of hydrogen-bond donors (Lipinski definition) is 1. The van der Waals surface area contributed by atoms with Crippen molar-refractivity contribution in [3.8, 4) is 0 Å². The lowest BCUT2D eigenvalue weighted by Gasteiger charge is -1.93. The molecule has 0 unspecified atom stereocenters. The summed E-state index contributed by atoms with van der Waals surface area (Å²) in [6.07, 6.45) is -5.08. The van der Waals surface area contributed by atoms with E-state index >= 15 is 0 Å². The number of ether oxygens (including phenoxy) is 1. The first-order chi connectivity index (χ1) is 8.55. The highest BCUT2D eigenvalue weighted by Crippen LogP contribution is 2.18. The third kappa shape index (κ3) is 3.47. The molecule has 0 fully saturated rings. The van der Waals surface area contributed by atoms with Crippen molar-refractivity contribution >= 4 is 11.9 Å². The van der Waals surface area contributed by atoms with Gasteiger partial charge in [0.15, 0.2) is 0 Å². The Hall–Kier alpha value is -2.05. The lowest BCUT2D eigenvalue weighted by atomic mass is 10.1. The van der Waals surface area contributed by atoms with Crippen molar-refractivity contribution in [2.24, 2.45) is 0 Å². The Morgan fingerprint density at radius 1 is 1.41 bits per heavy atom. The Labute approximate surface area is 96.4 Å². The Bertz CT molecular complexity index is 514. The predicted octanol–water partition coefficient (Wildman–Crippen LogP) is 1.99. The molecule has 4 nitrogen and oxygen atoms in total. The molecule has 17 heavy (non-hydrogen) atoms. The van der Waals surface area contributed by atoms with Crippen LogP contribution in [-0.2, 0) is 16.1 Å². The van der Waals surface area contributed by atoms with Crippen LogP contribution >= 0.6 is 0 Å². The minimum atomic E-state index is -5.08. The summed E-state index contributed by atoms with van der Waals surface area (Å²) in [4.78, 5) is 19.9. The van der Waals surface area contributed by atoms with E-state index in [1.54, 1.807) is 24.3 Å². The van der Waals surface area contributed by atoms with E-state index in [0.717, 1.165) is 0 Å². The van der Waals surface area contributed by atoms with Crippen LogP contribution in [0.3, 0.4) is 0 Å². The van der Waals surface area contributed by atoms with Gasteiger partial charge in [-0.25, -0.2) is 9.59 Å². The molecule has 1 heterocycles. The molecule has 0 amide bonds. The normalized spacial score (nSPS) is 17.9. The zero-order valence-corrected chi connectivity index (χ0v) is 8.12. The highest BCUT2D eigenvalue weighted by Gasteiger charge is 2.38. The van der Waals surface area contributed by atoms with Gasteiger partial charge in [0.25, 0.3) is 0 Å². The summed E-state index contributed by atoms with van der Waals surface area (Å²) in [5, 5.41) is 7.12. The highest BCUT2D eigenvalue weighted by atomic mass is 19.4. The van der Waals surface area contributed by atoms with E-state index in [1.807, 2.05) is 0 Å². The molecule has 0 spiro atoms. The van der Waals surface area contributed by atoms with Crippen LogP contribution in [0, 0.1) is 0 Å². The summed E-state index contributed by atoms with van der Waals surface area (Å²) in [6, 6.07) is 6.48. The molecule has 0 aromatic heterocycles. The maximum atomic E-state index is 11.0. The van der Waals surface area contributed by atoms with Gasteiger partial charge in [0.1, 0.15) is 6.56 Å². The van der Waals surface area contributed by atoms with Crippen LogP contribution in [0.4, 0.5) is 13.2 Å². The zero-order chi connectivity index (χ0) is 14.8. The summed E-state index contributed by atoms with van der Waals surface area (Å²) in [5.41, 5.74) is 0.637. The molecule has 2 rings (SSSR count). The van der Waals surface area contributed by atoms with Gasteiger partial charge in [-0.3, -0.25) is 0 Å². The van der Waals surface area contributed by atoms with Gasteiger partial charge in [-0.1, -0.05) is 18.2 Å². The predicted molar refractivity (Wildman–Crippen MR) is 49.3 cm³/mol. The Kier molecular flexibility index (Phi) is 2.89. The van der Waals surface area contributed by atoms with Gasteiger partial charge in [-0.2, -0.15) is 13.2 Å². The first-order valence-electron chi connectivity index (χ1n) is 5.18. The number of cyclic esters (lactones) is 1. The molecule has 0 radical (unpaired) electrons. The number of aliphatic carboxylic acids is 1. The molecule has 1 aliphatic heterocycles. The van der Waals surface area contributed by atoms with E-state index in [-0.39, 0.29) is 0 Å². The number of carboxylic acid groups (broad SMARTS) is 1. The van der Waals surface area contributed by atoms with Crippen LogP contribution in [0.1, 0.15) is 18.7 Å². The third-order valence-electron chi connectivity index (χ3n) is 1.64. The quantitative estimate of drug-likeness (QED) is 0.715. The maximum absolute atomic E-state index is 11.0. The fraction of sp³-hybridized carbons (Fsp3) is 0.200. The first-order valence-corrected chi connectivity index (χ1v) is 4.18. The van der Waals surface area contributed by atoms with Gasteiger partial charge in [0.2, 0.25) is 0 Å². The third-order valence-corrected chi connectivity index (χ3v) is 1.64. The number of fused-ring (bicyclic) bond motifs is 1. The fourth-order valence-corrected chi connectivity index (χ4v) is 0.906. The average molecular weight is 250 g/mol. The van der Waals surface area contributed by atoms with Gasteiger partial charge < -0.3 is 9.84 Å². The number of carboxylic acids is 1. The molecule has 0 aliphatic carbocycles. The zero-order valence-electron chi connectivity index (χ0n) is 10.1. The Morgan fingerprint density at radius 3 is 2.41 bits per heavy atom. The summed E-state index contributed by atoms with van der Waals surface area (Å²) >= 11 is 0.